The van der Waals surface area contributed by atoms with Crippen molar-refractivity contribution in [2.75, 3.05) is 26.0 Å². The molecule has 0 spiro atoms. The molecule has 16 nitrogen and oxygen atoms in total. The molecule has 1 fully saturated rings. The lowest BCUT2D eigenvalue weighted by Crippen LogP contribution is -2.48. The zero-order chi connectivity index (χ0) is 38.5. The Morgan fingerprint density at radius 1 is 1.02 bits per heavy atom. The van der Waals surface area contributed by atoms with Crippen LogP contribution < -0.4 is 15.3 Å². The first-order valence-corrected chi connectivity index (χ1v) is 18.7. The molecule has 4 aromatic rings. The van der Waals surface area contributed by atoms with Crippen LogP contribution >= 0.6 is 7.75 Å². The van der Waals surface area contributed by atoms with E-state index in [4.69, 9.17) is 33.7 Å². The van der Waals surface area contributed by atoms with Gasteiger partial charge in [0.2, 0.25) is 0 Å². The molecule has 6 atom stereocenters. The summed E-state index contributed by atoms with van der Waals surface area (Å²) in [6.45, 7) is 9.22. The highest BCUT2D eigenvalue weighted by Crippen LogP contribution is 2.49. The number of nitrogens with zero attached hydrogens (tertiary/aromatic N) is 4. The number of anilines is 1. The van der Waals surface area contributed by atoms with Gasteiger partial charge in [-0.05, 0) is 37.4 Å². The Morgan fingerprint density at radius 2 is 1.72 bits per heavy atom. The molecule has 1 aliphatic rings. The van der Waals surface area contributed by atoms with E-state index in [9.17, 15) is 18.9 Å². The number of aromatic nitrogens is 3. The Bertz CT molecular complexity index is 2030. The highest BCUT2D eigenvalue weighted by atomic mass is 31.2. The number of esters is 3. The van der Waals surface area contributed by atoms with Gasteiger partial charge in [-0.2, -0.15) is 10.2 Å². The van der Waals surface area contributed by atoms with Crippen LogP contribution in [0.2, 0.25) is 0 Å². The topological polar surface area (TPSA) is 204 Å². The quantitative estimate of drug-likeness (QED) is 0.0735. The van der Waals surface area contributed by atoms with Crippen LogP contribution in [0.4, 0.5) is 5.82 Å². The summed E-state index contributed by atoms with van der Waals surface area (Å²) in [6, 6.07) is 14.7. The number of nitrogens with one attached hydrogen (secondary N) is 1. The second-order valence-electron chi connectivity index (χ2n) is 13.0. The second kappa shape index (κ2) is 16.4. The smallest absolute Gasteiger partial charge is 0.459 e. The van der Waals surface area contributed by atoms with E-state index in [0.29, 0.717) is 16.6 Å². The lowest BCUT2D eigenvalue weighted by atomic mass is 9.91. The molecule has 53 heavy (non-hydrogen) atoms. The number of nitrogens with two attached hydrogens (primary N) is 1. The summed E-state index contributed by atoms with van der Waals surface area (Å²) < 4.78 is 52.4. The van der Waals surface area contributed by atoms with Gasteiger partial charge in [-0.1, -0.05) is 64.1 Å². The molecule has 2 aromatic heterocycles. The highest BCUT2D eigenvalue weighted by Gasteiger charge is 2.61. The third kappa shape index (κ3) is 8.36. The van der Waals surface area contributed by atoms with Crippen LogP contribution in [0.3, 0.4) is 0 Å². The van der Waals surface area contributed by atoms with Crippen LogP contribution in [-0.4, -0.2) is 83.3 Å². The molecule has 5 rings (SSSR count). The normalized spacial score (nSPS) is 21.9. The van der Waals surface area contributed by atoms with E-state index < -0.39 is 74.1 Å². The van der Waals surface area contributed by atoms with E-state index in [1.54, 1.807) is 71.0 Å². The molecule has 3 heterocycles. The molecule has 1 aliphatic heterocycles. The third-order valence-corrected chi connectivity index (χ3v) is 10.1. The van der Waals surface area contributed by atoms with Crippen molar-refractivity contribution >= 4 is 54.0 Å². The van der Waals surface area contributed by atoms with E-state index in [2.05, 4.69) is 20.2 Å². The Kier molecular flexibility index (Phi) is 12.2. The van der Waals surface area contributed by atoms with Gasteiger partial charge in [0, 0.05) is 18.6 Å². The SMILES string of the molecule is CCOC(=O)[C@H](C)NP(=O)(OC[C@H]1O[C@@](C=NC)(c2ccc3c(N)ncnn23)[C@H](OC(=O)C(C)C)[C@@H]1OC(=O)C(C)C)Oc1cccc2ccccc12. The summed E-state index contributed by atoms with van der Waals surface area (Å²) in [6.07, 6.45) is -1.31. The van der Waals surface area contributed by atoms with E-state index in [0.717, 1.165) is 5.39 Å². The number of hydrogen-bond acceptors (Lipinski definition) is 14. The van der Waals surface area contributed by atoms with Gasteiger partial charge in [-0.3, -0.25) is 23.9 Å². The van der Waals surface area contributed by atoms with Crippen molar-refractivity contribution in [2.24, 2.45) is 16.8 Å². The van der Waals surface area contributed by atoms with Crippen molar-refractivity contribution in [3.8, 4) is 5.75 Å². The monoisotopic (exact) mass is 752 g/mol. The van der Waals surface area contributed by atoms with Crippen LogP contribution in [0.25, 0.3) is 16.3 Å². The van der Waals surface area contributed by atoms with Gasteiger partial charge in [0.25, 0.3) is 0 Å². The zero-order valence-corrected chi connectivity index (χ0v) is 31.5. The molecule has 0 bridgehead atoms. The minimum atomic E-state index is -4.49. The van der Waals surface area contributed by atoms with Crippen molar-refractivity contribution in [3.05, 3.63) is 66.6 Å². The van der Waals surface area contributed by atoms with Crippen LogP contribution in [-0.2, 0) is 48.0 Å². The zero-order valence-electron chi connectivity index (χ0n) is 30.6. The Labute approximate surface area is 306 Å². The second-order valence-corrected chi connectivity index (χ2v) is 14.7. The third-order valence-electron chi connectivity index (χ3n) is 8.44. The van der Waals surface area contributed by atoms with Crippen molar-refractivity contribution < 1.29 is 46.9 Å². The van der Waals surface area contributed by atoms with Crippen LogP contribution in [0, 0.1) is 11.8 Å². The molecule has 1 unspecified atom stereocenters. The largest absolute Gasteiger partial charge is 0.465 e. The maximum Gasteiger partial charge on any atom is 0.459 e. The highest BCUT2D eigenvalue weighted by molar-refractivity contribution is 7.52. The summed E-state index contributed by atoms with van der Waals surface area (Å²) in [4.78, 5) is 47.7. The van der Waals surface area contributed by atoms with E-state index in [1.807, 2.05) is 18.2 Å². The molecular weight excluding hydrogens is 707 g/mol. The van der Waals surface area contributed by atoms with Crippen molar-refractivity contribution in [2.45, 2.75) is 71.5 Å². The van der Waals surface area contributed by atoms with Gasteiger partial charge in [-0.25, -0.2) is 14.1 Å². The fraction of sp³-hybridized carbons (Fsp3) is 0.444. The number of fused-ring (bicyclic) bond motifs is 2. The molecular formula is C36H45N6O10P. The number of ether oxygens (including phenoxy) is 4. The van der Waals surface area contributed by atoms with Gasteiger partial charge >= 0.3 is 25.7 Å². The fourth-order valence-electron chi connectivity index (χ4n) is 5.82. The van der Waals surface area contributed by atoms with Crippen LogP contribution in [0.15, 0.2) is 65.9 Å². The molecule has 17 heteroatoms. The Hall–Kier alpha value is -4.89. The maximum absolute atomic E-state index is 14.7. The summed E-state index contributed by atoms with van der Waals surface area (Å²) in [5.41, 5.74) is 5.14. The summed E-state index contributed by atoms with van der Waals surface area (Å²) in [5, 5.41) is 8.48. The van der Waals surface area contributed by atoms with Gasteiger partial charge in [0.05, 0.1) is 30.7 Å². The van der Waals surface area contributed by atoms with Crippen molar-refractivity contribution in [1.82, 2.24) is 19.7 Å². The van der Waals surface area contributed by atoms with E-state index >= 15 is 0 Å². The predicted molar refractivity (Wildman–Crippen MR) is 195 cm³/mol. The average Bonchev–Trinajstić information content (AvgIpc) is 3.68. The first-order valence-electron chi connectivity index (χ1n) is 17.2. The molecule has 2 aromatic carbocycles. The molecule has 0 amide bonds. The molecule has 0 aliphatic carbocycles. The van der Waals surface area contributed by atoms with Gasteiger partial charge < -0.3 is 29.2 Å². The average molecular weight is 753 g/mol. The van der Waals surface area contributed by atoms with E-state index in [1.165, 1.54) is 31.0 Å². The number of rotatable bonds is 15. The standard InChI is InChI=1S/C36H45N6O10P/c1-8-47-35(45)23(6)41-53(46,52-27-15-11-13-24-12-9-10-14-25(24)27)48-18-28-30(49-33(43)21(2)3)31(50-34(44)22(4)5)36(51-28,19-38-7)29-17-16-26-32(37)39-20-40-42(26)29/h9-17,19-23,28,30-31H,8,18H2,1-7H3,(H,41,46)(H2,37,39,40)/t23-,28+,30+,31+,36-,53?/m0/s1. The minimum absolute atomic E-state index is 0.0849. The minimum Gasteiger partial charge on any atom is -0.465 e. The first kappa shape index (κ1) is 39.3. The van der Waals surface area contributed by atoms with Crippen molar-refractivity contribution in [1.29, 1.82) is 0 Å². The number of hydrogen-bond donors (Lipinski definition) is 2. The van der Waals surface area contributed by atoms with Crippen molar-refractivity contribution in [3.63, 3.8) is 0 Å². The van der Waals surface area contributed by atoms with Gasteiger partial charge in [-0.15, -0.1) is 0 Å². The molecule has 0 saturated carbocycles. The van der Waals surface area contributed by atoms with Crippen LogP contribution in [0.1, 0.15) is 47.2 Å². The molecule has 284 valence electrons. The summed E-state index contributed by atoms with van der Waals surface area (Å²) in [7, 11) is -3.00. The first-order chi connectivity index (χ1) is 25.2. The number of carbonyl (C=O) groups excluding carboxylic acids is 3. The Balaban J connectivity index is 1.61. The molecule has 3 N–H and O–H groups in total. The van der Waals surface area contributed by atoms with E-state index in [-0.39, 0.29) is 18.2 Å². The summed E-state index contributed by atoms with van der Waals surface area (Å²) >= 11 is 0. The number of carbonyl (C=O) groups is 3. The lowest BCUT2D eigenvalue weighted by Gasteiger charge is -2.32. The Morgan fingerprint density at radius 3 is 2.42 bits per heavy atom. The number of aliphatic imine (C=N–C) groups is 1. The summed E-state index contributed by atoms with van der Waals surface area (Å²) in [5.74, 6) is -2.76. The number of nitrogen functional groups attached to an aromatic ring is 1. The fourth-order valence-corrected chi connectivity index (χ4v) is 7.34. The maximum atomic E-state index is 14.7. The predicted octanol–water partition coefficient (Wildman–Crippen LogP) is 4.64. The molecule has 0 radical (unpaired) electrons. The van der Waals surface area contributed by atoms with Gasteiger partial charge in [0.15, 0.2) is 23.6 Å². The number of benzene rings is 2. The molecule has 1 saturated heterocycles. The lowest BCUT2D eigenvalue weighted by molar-refractivity contribution is -0.172. The van der Waals surface area contributed by atoms with Crippen LogP contribution in [0.5, 0.6) is 5.75 Å². The van der Waals surface area contributed by atoms with Gasteiger partial charge in [0.1, 0.15) is 29.7 Å².